The number of halogens is 1. The molecular weight excluding hydrogens is 458 g/mol. The maximum absolute atomic E-state index is 13.3. The summed E-state index contributed by atoms with van der Waals surface area (Å²) in [4.78, 5) is 23.7. The van der Waals surface area contributed by atoms with Crippen LogP contribution in [0.25, 0.3) is 10.2 Å². The number of fused-ring (bicyclic) bond motifs is 1. The van der Waals surface area contributed by atoms with E-state index in [4.69, 9.17) is 4.98 Å². The van der Waals surface area contributed by atoms with Crippen LogP contribution in [0.5, 0.6) is 0 Å². The van der Waals surface area contributed by atoms with Crippen molar-refractivity contribution in [1.82, 2.24) is 9.88 Å². The average molecular weight is 492 g/mol. The minimum absolute atomic E-state index is 0. The summed E-state index contributed by atoms with van der Waals surface area (Å²) in [7, 11) is 0. The van der Waals surface area contributed by atoms with E-state index in [0.717, 1.165) is 42.5 Å². The van der Waals surface area contributed by atoms with Crippen LogP contribution in [0.1, 0.15) is 37.8 Å². The Morgan fingerprint density at radius 1 is 1.00 bits per heavy atom. The predicted molar refractivity (Wildman–Crippen MR) is 143 cm³/mol. The highest BCUT2D eigenvalue weighted by molar-refractivity contribution is 7.99. The zero-order valence-corrected chi connectivity index (χ0v) is 21.9. The molecule has 32 heavy (non-hydrogen) atoms. The second-order valence-corrected chi connectivity index (χ2v) is 9.86. The normalized spacial score (nSPS) is 11.0. The molecule has 1 heterocycles. The molecule has 0 bridgehead atoms. The van der Waals surface area contributed by atoms with Gasteiger partial charge in [-0.25, -0.2) is 4.98 Å². The quantitative estimate of drug-likeness (QED) is 0.224. The number of anilines is 1. The average Bonchev–Trinajstić information content (AvgIpc) is 3.24. The van der Waals surface area contributed by atoms with Gasteiger partial charge in [0, 0.05) is 24.4 Å². The number of nitrogens with zero attached hydrogens (tertiary/aromatic N) is 3. The highest BCUT2D eigenvalue weighted by Crippen LogP contribution is 2.33. The highest BCUT2D eigenvalue weighted by atomic mass is 35.5. The molecule has 0 aliphatic carbocycles. The van der Waals surface area contributed by atoms with E-state index in [9.17, 15) is 4.79 Å². The van der Waals surface area contributed by atoms with E-state index in [-0.39, 0.29) is 18.3 Å². The van der Waals surface area contributed by atoms with E-state index in [1.54, 1.807) is 11.3 Å². The van der Waals surface area contributed by atoms with Gasteiger partial charge in [0.1, 0.15) is 0 Å². The van der Waals surface area contributed by atoms with Crippen LogP contribution in [-0.4, -0.2) is 47.7 Å². The van der Waals surface area contributed by atoms with Crippen molar-refractivity contribution >= 4 is 56.8 Å². The Bertz CT molecular complexity index is 951. The number of aromatic nitrogens is 1. The molecule has 0 spiro atoms. The summed E-state index contributed by atoms with van der Waals surface area (Å²) in [5, 5.41) is 0.834. The summed E-state index contributed by atoms with van der Waals surface area (Å²) < 4.78 is 1.19. The van der Waals surface area contributed by atoms with Gasteiger partial charge < -0.3 is 4.90 Å². The Kier molecular flexibility index (Phi) is 11.0. The molecule has 0 aliphatic rings. The van der Waals surface area contributed by atoms with Crippen LogP contribution in [0.4, 0.5) is 5.13 Å². The molecule has 0 fully saturated rings. The lowest BCUT2D eigenvalue weighted by Crippen LogP contribution is -2.38. The monoisotopic (exact) mass is 491 g/mol. The molecule has 4 nitrogen and oxygen atoms in total. The maximum Gasteiger partial charge on any atom is 0.228 e. The van der Waals surface area contributed by atoms with E-state index in [1.165, 1.54) is 20.7 Å². The van der Waals surface area contributed by atoms with Crippen molar-refractivity contribution in [3.63, 3.8) is 0 Å². The summed E-state index contributed by atoms with van der Waals surface area (Å²) in [6.45, 7) is 12.1. The van der Waals surface area contributed by atoms with Gasteiger partial charge in [0.15, 0.2) is 5.13 Å². The van der Waals surface area contributed by atoms with Gasteiger partial charge in [-0.05, 0) is 62.4 Å². The third-order valence-electron chi connectivity index (χ3n) is 5.54. The second-order valence-electron chi connectivity index (χ2n) is 7.71. The first-order valence-corrected chi connectivity index (χ1v) is 12.9. The third kappa shape index (κ3) is 6.95. The van der Waals surface area contributed by atoms with E-state index in [1.807, 2.05) is 22.7 Å². The SMILES string of the molecule is CCN(CC)CCN(C(=O)CCCSc1ccccc1)c1nc2c(C)ccc(C)c2s1.Cl. The summed E-state index contributed by atoms with van der Waals surface area (Å²) >= 11 is 3.46. The van der Waals surface area contributed by atoms with Crippen molar-refractivity contribution in [3.8, 4) is 0 Å². The topological polar surface area (TPSA) is 36.4 Å². The van der Waals surface area contributed by atoms with Gasteiger partial charge >= 0.3 is 0 Å². The minimum Gasteiger partial charge on any atom is -0.302 e. The Hall–Kier alpha value is -1.60. The lowest BCUT2D eigenvalue weighted by atomic mass is 10.1. The van der Waals surface area contributed by atoms with Gasteiger partial charge in [0.2, 0.25) is 5.91 Å². The number of thioether (sulfide) groups is 1. The molecule has 0 saturated carbocycles. The van der Waals surface area contributed by atoms with Crippen LogP contribution < -0.4 is 4.90 Å². The predicted octanol–water partition coefficient (Wildman–Crippen LogP) is 6.58. The number of hydrogen-bond donors (Lipinski definition) is 0. The molecule has 0 N–H and O–H groups in total. The van der Waals surface area contributed by atoms with Gasteiger partial charge in [-0.3, -0.25) is 9.69 Å². The first-order chi connectivity index (χ1) is 15.0. The van der Waals surface area contributed by atoms with Crippen molar-refractivity contribution < 1.29 is 4.79 Å². The van der Waals surface area contributed by atoms with Gasteiger partial charge in [0.25, 0.3) is 0 Å². The zero-order valence-electron chi connectivity index (χ0n) is 19.5. The van der Waals surface area contributed by atoms with Gasteiger partial charge in [-0.15, -0.1) is 24.2 Å². The van der Waals surface area contributed by atoms with Gasteiger partial charge in [0.05, 0.1) is 10.2 Å². The number of carbonyl (C=O) groups is 1. The molecule has 1 aromatic heterocycles. The third-order valence-corrected chi connectivity index (χ3v) is 7.86. The molecule has 2 aromatic carbocycles. The zero-order chi connectivity index (χ0) is 22.2. The lowest BCUT2D eigenvalue weighted by molar-refractivity contribution is -0.118. The van der Waals surface area contributed by atoms with E-state index in [2.05, 4.69) is 69.0 Å². The number of hydrogen-bond acceptors (Lipinski definition) is 5. The van der Waals surface area contributed by atoms with Crippen molar-refractivity contribution in [2.24, 2.45) is 0 Å². The number of thiazole rings is 1. The van der Waals surface area contributed by atoms with Crippen LogP contribution in [-0.2, 0) is 4.79 Å². The number of aryl methyl sites for hydroxylation is 2. The summed E-state index contributed by atoms with van der Waals surface area (Å²) in [5.41, 5.74) is 3.42. The molecule has 7 heteroatoms. The smallest absolute Gasteiger partial charge is 0.228 e. The van der Waals surface area contributed by atoms with Crippen molar-refractivity contribution in [3.05, 3.63) is 53.6 Å². The number of rotatable bonds is 11. The number of carbonyl (C=O) groups excluding carboxylic acids is 1. The van der Waals surface area contributed by atoms with Crippen LogP contribution in [0.15, 0.2) is 47.4 Å². The fourth-order valence-electron chi connectivity index (χ4n) is 3.54. The van der Waals surface area contributed by atoms with E-state index in [0.29, 0.717) is 13.0 Å². The lowest BCUT2D eigenvalue weighted by Gasteiger charge is -2.24. The Labute approximate surface area is 206 Å². The summed E-state index contributed by atoms with van der Waals surface area (Å²) in [6.07, 6.45) is 1.41. The molecule has 0 saturated heterocycles. The molecule has 3 aromatic rings. The van der Waals surface area contributed by atoms with Crippen molar-refractivity contribution in [1.29, 1.82) is 0 Å². The van der Waals surface area contributed by atoms with Gasteiger partial charge in [-0.2, -0.15) is 0 Å². The number of amides is 1. The summed E-state index contributed by atoms with van der Waals surface area (Å²) in [6, 6.07) is 14.6. The Morgan fingerprint density at radius 3 is 2.34 bits per heavy atom. The first kappa shape index (κ1) is 26.7. The molecule has 174 valence electrons. The minimum atomic E-state index is 0. The number of likely N-dealkylation sites (N-methyl/N-ethyl adjacent to an activating group) is 1. The van der Waals surface area contributed by atoms with Crippen LogP contribution >= 0.6 is 35.5 Å². The fourth-order valence-corrected chi connectivity index (χ4v) is 5.57. The van der Waals surface area contributed by atoms with Crippen LogP contribution in [0, 0.1) is 13.8 Å². The fraction of sp³-hybridized carbons (Fsp3) is 0.440. The molecule has 0 aliphatic heterocycles. The Balaban J connectivity index is 0.00000363. The van der Waals surface area contributed by atoms with E-state index < -0.39 is 0 Å². The van der Waals surface area contributed by atoms with Crippen molar-refractivity contribution in [2.45, 2.75) is 45.4 Å². The Morgan fingerprint density at radius 2 is 1.69 bits per heavy atom. The molecule has 0 atom stereocenters. The molecule has 0 unspecified atom stereocenters. The van der Waals surface area contributed by atoms with E-state index >= 15 is 0 Å². The largest absolute Gasteiger partial charge is 0.302 e. The standard InChI is InChI=1S/C25H33N3OS2.ClH/c1-5-27(6-2)16-17-28(22(29)13-10-18-30-21-11-8-7-9-12-21)25-26-23-19(3)14-15-20(4)24(23)31-25;/h7-9,11-12,14-15H,5-6,10,13,16-18H2,1-4H3;1H. The van der Waals surface area contributed by atoms with Crippen molar-refractivity contribution in [2.75, 3.05) is 36.8 Å². The molecular formula is C25H34ClN3OS2. The molecule has 3 rings (SSSR count). The first-order valence-electron chi connectivity index (χ1n) is 11.1. The molecule has 1 amide bonds. The highest BCUT2D eigenvalue weighted by Gasteiger charge is 2.21. The molecule has 0 radical (unpaired) electrons. The maximum atomic E-state index is 13.3. The summed E-state index contributed by atoms with van der Waals surface area (Å²) in [5.74, 6) is 1.12. The number of benzene rings is 2. The van der Waals surface area contributed by atoms with Crippen LogP contribution in [0.3, 0.4) is 0 Å². The van der Waals surface area contributed by atoms with Gasteiger partial charge in [-0.1, -0.05) is 55.5 Å². The van der Waals surface area contributed by atoms with Crippen LogP contribution in [0.2, 0.25) is 0 Å². The second kappa shape index (κ2) is 13.2.